The molecule has 0 N–H and O–H groups in total. The standard InChI is InChI=1S/C11H9F3N2O/c12-11(13,14)9-5-4-7(6-15)10(16-9)17-8-2-1-3-8/h4-5,8H,1-3H2. The smallest absolute Gasteiger partial charge is 0.433 e. The molecule has 1 aromatic heterocycles. The van der Waals surface area contributed by atoms with Gasteiger partial charge in [0.1, 0.15) is 23.4 Å². The van der Waals surface area contributed by atoms with Crippen LogP contribution in [-0.2, 0) is 6.18 Å². The summed E-state index contributed by atoms with van der Waals surface area (Å²) in [5, 5.41) is 8.76. The van der Waals surface area contributed by atoms with Crippen molar-refractivity contribution in [2.75, 3.05) is 0 Å². The molecule has 0 radical (unpaired) electrons. The van der Waals surface area contributed by atoms with Crippen LogP contribution in [-0.4, -0.2) is 11.1 Å². The van der Waals surface area contributed by atoms with Gasteiger partial charge < -0.3 is 4.74 Å². The van der Waals surface area contributed by atoms with E-state index in [4.69, 9.17) is 10.00 Å². The summed E-state index contributed by atoms with van der Waals surface area (Å²) in [5.74, 6) is -0.216. The Hall–Kier alpha value is -1.77. The Balaban J connectivity index is 2.29. The van der Waals surface area contributed by atoms with Gasteiger partial charge in [0.25, 0.3) is 0 Å². The fourth-order valence-corrected chi connectivity index (χ4v) is 1.42. The molecule has 1 heterocycles. The van der Waals surface area contributed by atoms with Gasteiger partial charge in [-0.25, -0.2) is 4.98 Å². The molecule has 0 atom stereocenters. The first-order valence-corrected chi connectivity index (χ1v) is 5.15. The first-order valence-electron chi connectivity index (χ1n) is 5.15. The van der Waals surface area contributed by atoms with Crippen molar-refractivity contribution in [1.82, 2.24) is 4.98 Å². The van der Waals surface area contributed by atoms with Crippen LogP contribution in [0, 0.1) is 11.3 Å². The van der Waals surface area contributed by atoms with Crippen molar-refractivity contribution in [2.45, 2.75) is 31.5 Å². The van der Waals surface area contributed by atoms with E-state index < -0.39 is 11.9 Å². The number of hydrogen-bond acceptors (Lipinski definition) is 3. The molecule has 0 unspecified atom stereocenters. The number of aromatic nitrogens is 1. The van der Waals surface area contributed by atoms with Crippen LogP contribution in [0.25, 0.3) is 0 Å². The van der Waals surface area contributed by atoms with Crippen LogP contribution in [0.4, 0.5) is 13.2 Å². The Morgan fingerprint density at radius 2 is 2.06 bits per heavy atom. The van der Waals surface area contributed by atoms with E-state index in [0.29, 0.717) is 0 Å². The highest BCUT2D eigenvalue weighted by atomic mass is 19.4. The van der Waals surface area contributed by atoms with Crippen molar-refractivity contribution in [2.24, 2.45) is 0 Å². The minimum Gasteiger partial charge on any atom is -0.473 e. The van der Waals surface area contributed by atoms with E-state index in [2.05, 4.69) is 4.98 Å². The minimum absolute atomic E-state index is 0.0323. The van der Waals surface area contributed by atoms with E-state index >= 15 is 0 Å². The molecule has 6 heteroatoms. The van der Waals surface area contributed by atoms with Crippen LogP contribution < -0.4 is 4.74 Å². The number of rotatable bonds is 2. The molecule has 1 saturated carbocycles. The van der Waals surface area contributed by atoms with Gasteiger partial charge in [-0.15, -0.1) is 0 Å². The molecule has 90 valence electrons. The molecule has 0 bridgehead atoms. The molecular weight excluding hydrogens is 233 g/mol. The molecule has 0 aliphatic heterocycles. The van der Waals surface area contributed by atoms with Crippen LogP contribution in [0.3, 0.4) is 0 Å². The topological polar surface area (TPSA) is 45.9 Å². The molecule has 1 fully saturated rings. The average Bonchev–Trinajstić information content (AvgIpc) is 2.22. The van der Waals surface area contributed by atoms with Gasteiger partial charge in [0.15, 0.2) is 0 Å². The average molecular weight is 242 g/mol. The van der Waals surface area contributed by atoms with Gasteiger partial charge in [0.05, 0.1) is 0 Å². The second kappa shape index (κ2) is 4.24. The van der Waals surface area contributed by atoms with E-state index in [1.165, 1.54) is 0 Å². The second-order valence-electron chi connectivity index (χ2n) is 3.83. The van der Waals surface area contributed by atoms with Gasteiger partial charge in [0.2, 0.25) is 5.88 Å². The van der Waals surface area contributed by atoms with E-state index in [1.54, 1.807) is 6.07 Å². The zero-order chi connectivity index (χ0) is 12.5. The second-order valence-corrected chi connectivity index (χ2v) is 3.83. The molecule has 17 heavy (non-hydrogen) atoms. The third-order valence-corrected chi connectivity index (χ3v) is 2.60. The minimum atomic E-state index is -4.52. The predicted molar refractivity (Wildman–Crippen MR) is 52.2 cm³/mol. The maximum atomic E-state index is 12.4. The molecule has 3 nitrogen and oxygen atoms in total. The van der Waals surface area contributed by atoms with E-state index in [0.717, 1.165) is 31.4 Å². The summed E-state index contributed by atoms with van der Waals surface area (Å²) < 4.78 is 42.6. The molecule has 0 spiro atoms. The lowest BCUT2D eigenvalue weighted by atomic mass is 9.96. The molecule has 1 aromatic rings. The summed E-state index contributed by atoms with van der Waals surface area (Å²) in [6, 6.07) is 3.64. The van der Waals surface area contributed by atoms with Crippen LogP contribution in [0.5, 0.6) is 5.88 Å². The normalized spacial score (nSPS) is 16.1. The summed E-state index contributed by atoms with van der Waals surface area (Å²) in [5.41, 5.74) is -1.00. The summed E-state index contributed by atoms with van der Waals surface area (Å²) in [6.07, 6.45) is -2.05. The molecule has 1 aliphatic carbocycles. The van der Waals surface area contributed by atoms with E-state index in [1.807, 2.05) is 0 Å². The Labute approximate surface area is 95.8 Å². The van der Waals surface area contributed by atoms with E-state index in [-0.39, 0.29) is 17.5 Å². The van der Waals surface area contributed by atoms with Crippen molar-refractivity contribution in [3.05, 3.63) is 23.4 Å². The lowest BCUT2D eigenvalue weighted by Crippen LogP contribution is -2.25. The third-order valence-electron chi connectivity index (χ3n) is 2.60. The van der Waals surface area contributed by atoms with Crippen LogP contribution in [0.15, 0.2) is 12.1 Å². The molecular formula is C11H9F3N2O. The number of hydrogen-bond donors (Lipinski definition) is 0. The van der Waals surface area contributed by atoms with Crippen LogP contribution >= 0.6 is 0 Å². The third kappa shape index (κ3) is 2.49. The predicted octanol–water partition coefficient (Wildman–Crippen LogP) is 2.90. The van der Waals surface area contributed by atoms with Gasteiger partial charge in [-0.2, -0.15) is 18.4 Å². The number of nitrogens with zero attached hydrogens (tertiary/aromatic N) is 2. The summed E-state index contributed by atoms with van der Waals surface area (Å²) in [6.45, 7) is 0. The first kappa shape index (κ1) is 11.7. The van der Waals surface area contributed by atoms with Crippen molar-refractivity contribution in [3.63, 3.8) is 0 Å². The van der Waals surface area contributed by atoms with Gasteiger partial charge in [-0.05, 0) is 31.4 Å². The molecule has 0 aromatic carbocycles. The fourth-order valence-electron chi connectivity index (χ4n) is 1.42. The van der Waals surface area contributed by atoms with Gasteiger partial charge in [-0.3, -0.25) is 0 Å². The van der Waals surface area contributed by atoms with Gasteiger partial charge in [-0.1, -0.05) is 0 Å². The largest absolute Gasteiger partial charge is 0.473 e. The number of halogens is 3. The lowest BCUT2D eigenvalue weighted by Gasteiger charge is -2.26. The SMILES string of the molecule is N#Cc1ccc(C(F)(F)F)nc1OC1CCC1. The zero-order valence-electron chi connectivity index (χ0n) is 8.79. The number of pyridine rings is 1. The van der Waals surface area contributed by atoms with Gasteiger partial charge >= 0.3 is 6.18 Å². The molecule has 1 aliphatic rings. The Bertz CT molecular complexity index is 461. The summed E-state index contributed by atoms with van der Waals surface area (Å²) in [4.78, 5) is 3.37. The number of alkyl halides is 3. The molecule has 0 saturated heterocycles. The van der Waals surface area contributed by atoms with Crippen molar-refractivity contribution < 1.29 is 17.9 Å². The quantitative estimate of drug-likeness (QED) is 0.801. The monoisotopic (exact) mass is 242 g/mol. The maximum absolute atomic E-state index is 12.4. The van der Waals surface area contributed by atoms with Crippen LogP contribution in [0.2, 0.25) is 0 Å². The van der Waals surface area contributed by atoms with Crippen molar-refractivity contribution in [3.8, 4) is 11.9 Å². The highest BCUT2D eigenvalue weighted by Gasteiger charge is 2.34. The Morgan fingerprint density at radius 3 is 2.53 bits per heavy atom. The molecule has 2 rings (SSSR count). The Morgan fingerprint density at radius 1 is 1.35 bits per heavy atom. The highest BCUT2D eigenvalue weighted by molar-refractivity contribution is 5.39. The lowest BCUT2D eigenvalue weighted by molar-refractivity contribution is -0.141. The van der Waals surface area contributed by atoms with E-state index in [9.17, 15) is 13.2 Å². The number of ether oxygens (including phenoxy) is 1. The highest BCUT2D eigenvalue weighted by Crippen LogP contribution is 2.31. The fraction of sp³-hybridized carbons (Fsp3) is 0.455. The summed E-state index contributed by atoms with van der Waals surface area (Å²) >= 11 is 0. The summed E-state index contributed by atoms with van der Waals surface area (Å²) in [7, 11) is 0. The Kier molecular flexibility index (Phi) is 2.92. The molecule has 0 amide bonds. The number of nitriles is 1. The van der Waals surface area contributed by atoms with Gasteiger partial charge in [0, 0.05) is 0 Å². The first-order chi connectivity index (χ1) is 8.00. The van der Waals surface area contributed by atoms with Crippen molar-refractivity contribution in [1.29, 1.82) is 5.26 Å². The van der Waals surface area contributed by atoms with Crippen LogP contribution in [0.1, 0.15) is 30.5 Å². The zero-order valence-corrected chi connectivity index (χ0v) is 8.79. The van der Waals surface area contributed by atoms with Crippen molar-refractivity contribution >= 4 is 0 Å². The maximum Gasteiger partial charge on any atom is 0.433 e.